The van der Waals surface area contributed by atoms with Gasteiger partial charge in [0, 0.05) is 17.1 Å². The number of nitrogens with two attached hydrogens (primary N) is 1. The molecule has 0 aromatic heterocycles. The molecular formula is C24H27N3O9. The number of ketones is 3. The van der Waals surface area contributed by atoms with E-state index in [4.69, 9.17) is 5.84 Å². The third-order valence-electron chi connectivity index (χ3n) is 7.60. The molecular weight excluding hydrogens is 474 g/mol. The summed E-state index contributed by atoms with van der Waals surface area (Å²) in [6.45, 7) is 2.85. The first-order valence-corrected chi connectivity index (χ1v) is 11.1. The van der Waals surface area contributed by atoms with Crippen LogP contribution in [0, 0.1) is 11.8 Å². The van der Waals surface area contributed by atoms with Crippen LogP contribution < -0.4 is 11.3 Å². The van der Waals surface area contributed by atoms with Gasteiger partial charge in [0.25, 0.3) is 5.91 Å². The number of benzene rings is 1. The summed E-state index contributed by atoms with van der Waals surface area (Å²) in [4.78, 5) is 53.1. The van der Waals surface area contributed by atoms with Crippen molar-refractivity contribution in [2.24, 2.45) is 17.7 Å². The fourth-order valence-corrected chi connectivity index (χ4v) is 6.06. The van der Waals surface area contributed by atoms with E-state index in [1.54, 1.807) is 12.3 Å². The van der Waals surface area contributed by atoms with Gasteiger partial charge >= 0.3 is 0 Å². The number of Topliss-reactive ketones (excluding diaryl/α,β-unsaturated/α-hetero) is 3. The summed E-state index contributed by atoms with van der Waals surface area (Å²) in [5, 5.41) is 55.9. The number of aliphatic hydroxyl groups is 4. The third kappa shape index (κ3) is 3.02. The predicted molar refractivity (Wildman–Crippen MR) is 123 cm³/mol. The van der Waals surface area contributed by atoms with E-state index in [9.17, 15) is 44.7 Å². The molecule has 12 heteroatoms. The molecule has 4 rings (SSSR count). The van der Waals surface area contributed by atoms with Crippen LogP contribution in [0.4, 0.5) is 0 Å². The largest absolute Gasteiger partial charge is 0.508 e. The summed E-state index contributed by atoms with van der Waals surface area (Å²) >= 11 is 0. The number of phenols is 1. The van der Waals surface area contributed by atoms with Gasteiger partial charge in [-0.25, -0.2) is 5.84 Å². The van der Waals surface area contributed by atoms with Gasteiger partial charge in [0.2, 0.25) is 5.78 Å². The van der Waals surface area contributed by atoms with Crippen molar-refractivity contribution in [1.82, 2.24) is 10.3 Å². The Morgan fingerprint density at radius 1 is 1.14 bits per heavy atom. The molecule has 0 aliphatic heterocycles. The molecule has 0 radical (unpaired) electrons. The maximum absolute atomic E-state index is 13.9. The number of amides is 1. The summed E-state index contributed by atoms with van der Waals surface area (Å²) < 4.78 is 0. The van der Waals surface area contributed by atoms with Crippen LogP contribution in [-0.4, -0.2) is 85.5 Å². The number of rotatable bonds is 3. The fraction of sp³-hybridized carbons (Fsp3) is 0.417. The van der Waals surface area contributed by atoms with Crippen molar-refractivity contribution in [2.45, 2.75) is 37.5 Å². The van der Waals surface area contributed by atoms with Crippen molar-refractivity contribution in [1.29, 1.82) is 0 Å². The van der Waals surface area contributed by atoms with Crippen molar-refractivity contribution >= 4 is 29.0 Å². The minimum absolute atomic E-state index is 0.148. The zero-order valence-corrected chi connectivity index (χ0v) is 19.9. The zero-order valence-electron chi connectivity index (χ0n) is 19.9. The molecule has 1 fully saturated rings. The van der Waals surface area contributed by atoms with Crippen molar-refractivity contribution in [3.8, 4) is 5.75 Å². The lowest BCUT2D eigenvalue weighted by Gasteiger charge is -2.53. The van der Waals surface area contributed by atoms with E-state index in [0.29, 0.717) is 0 Å². The number of fused-ring (bicyclic) bond motifs is 3. The normalized spacial score (nSPS) is 31.7. The van der Waals surface area contributed by atoms with Crippen LogP contribution in [0.5, 0.6) is 5.75 Å². The second-order valence-electron chi connectivity index (χ2n) is 9.64. The lowest BCUT2D eigenvalue weighted by Crippen LogP contribution is -2.70. The van der Waals surface area contributed by atoms with Gasteiger partial charge in [0.15, 0.2) is 17.2 Å². The molecule has 0 saturated heterocycles. The van der Waals surface area contributed by atoms with Crippen LogP contribution >= 0.6 is 0 Å². The van der Waals surface area contributed by atoms with Crippen molar-refractivity contribution in [3.63, 3.8) is 0 Å². The smallest absolute Gasteiger partial charge is 0.272 e. The molecule has 0 bridgehead atoms. The first-order chi connectivity index (χ1) is 16.7. The number of carbonyl (C=O) groups is 4. The summed E-state index contributed by atoms with van der Waals surface area (Å²) in [5.74, 6) is -5.03. The average Bonchev–Trinajstić information content (AvgIpc) is 2.80. The molecule has 1 aromatic carbocycles. The summed E-state index contributed by atoms with van der Waals surface area (Å²) in [5.41, 5.74) is -2.64. The Morgan fingerprint density at radius 3 is 2.28 bits per heavy atom. The number of hydrazine groups is 1. The highest BCUT2D eigenvalue weighted by atomic mass is 16.4. The van der Waals surface area contributed by atoms with Gasteiger partial charge in [-0.05, 0) is 44.6 Å². The van der Waals surface area contributed by atoms with E-state index in [-0.39, 0.29) is 22.5 Å². The third-order valence-corrected chi connectivity index (χ3v) is 7.60. The highest BCUT2D eigenvalue weighted by Crippen LogP contribution is 2.56. The summed E-state index contributed by atoms with van der Waals surface area (Å²) in [6.07, 6.45) is -1.73. The maximum atomic E-state index is 13.9. The standard InChI is InChI=1S/C24H27N3O9/c1-7-11-9(8(2)28)5-6-10(29)13(11)18(30)14-12(7)19(31)16-17(27(3)4)20(32)15(23(35)26-25)22(34)24(16,36)21(14)33/h5-7,12,16-17,19,29-31,34,36H,25H2,1-4H3,(H,26,35)/t7?,12?,16?,17?,19?,24-/m1/s1. The van der Waals surface area contributed by atoms with Gasteiger partial charge in [-0.15, -0.1) is 0 Å². The molecule has 5 unspecified atom stereocenters. The van der Waals surface area contributed by atoms with E-state index >= 15 is 0 Å². The first kappa shape index (κ1) is 25.5. The minimum atomic E-state index is -2.99. The zero-order chi connectivity index (χ0) is 27.0. The van der Waals surface area contributed by atoms with Gasteiger partial charge < -0.3 is 25.5 Å². The van der Waals surface area contributed by atoms with Gasteiger partial charge in [0.05, 0.1) is 23.6 Å². The van der Waals surface area contributed by atoms with E-state index < -0.39 is 81.4 Å². The molecule has 0 heterocycles. The minimum Gasteiger partial charge on any atom is -0.508 e. The lowest BCUT2D eigenvalue weighted by atomic mass is 9.54. The first-order valence-electron chi connectivity index (χ1n) is 11.1. The molecule has 12 nitrogen and oxygen atoms in total. The van der Waals surface area contributed by atoms with Gasteiger partial charge in [-0.1, -0.05) is 6.92 Å². The molecule has 3 aliphatic carbocycles. The Hall–Kier alpha value is -3.58. The lowest BCUT2D eigenvalue weighted by molar-refractivity contribution is -0.169. The van der Waals surface area contributed by atoms with Crippen LogP contribution in [0.3, 0.4) is 0 Å². The van der Waals surface area contributed by atoms with E-state index in [0.717, 1.165) is 0 Å². The Kier molecular flexibility index (Phi) is 5.84. The van der Waals surface area contributed by atoms with Crippen LogP contribution in [-0.2, 0) is 14.4 Å². The molecule has 8 N–H and O–H groups in total. The number of nitrogens with one attached hydrogen (secondary N) is 1. The number of aliphatic hydroxyl groups excluding tert-OH is 3. The maximum Gasteiger partial charge on any atom is 0.272 e. The number of phenolic OH excluding ortho intramolecular Hbond substituents is 1. The van der Waals surface area contributed by atoms with Crippen LogP contribution in [0.15, 0.2) is 29.0 Å². The van der Waals surface area contributed by atoms with E-state index in [1.807, 2.05) is 0 Å². The molecule has 0 spiro atoms. The van der Waals surface area contributed by atoms with E-state index in [1.165, 1.54) is 38.1 Å². The highest BCUT2D eigenvalue weighted by molar-refractivity contribution is 6.25. The molecule has 1 saturated carbocycles. The highest BCUT2D eigenvalue weighted by Gasteiger charge is 2.68. The molecule has 3 aliphatic rings. The molecule has 36 heavy (non-hydrogen) atoms. The van der Waals surface area contributed by atoms with Crippen LogP contribution in [0.1, 0.15) is 41.3 Å². The van der Waals surface area contributed by atoms with Crippen molar-refractivity contribution in [3.05, 3.63) is 45.7 Å². The summed E-state index contributed by atoms with van der Waals surface area (Å²) in [6, 6.07) is 1.08. The second kappa shape index (κ2) is 8.23. The number of likely N-dealkylation sites (N-methyl/N-ethyl adjacent to an activating group) is 1. The molecule has 6 atom stereocenters. The van der Waals surface area contributed by atoms with Crippen molar-refractivity contribution < 1.29 is 44.7 Å². The molecule has 1 amide bonds. The Morgan fingerprint density at radius 2 is 1.75 bits per heavy atom. The number of hydrogen-bond acceptors (Lipinski definition) is 11. The Balaban J connectivity index is 2.09. The molecule has 192 valence electrons. The number of nitrogens with zero attached hydrogens (tertiary/aromatic N) is 1. The van der Waals surface area contributed by atoms with Gasteiger partial charge in [-0.2, -0.15) is 0 Å². The van der Waals surface area contributed by atoms with E-state index in [2.05, 4.69) is 0 Å². The SMILES string of the molecule is CC(=O)c1ccc(O)c2c1C(C)C1C(=C2O)C(=O)[C@@]2(O)C(O)=C(C(=O)NN)C(=O)C(N(C)C)C2C1O. The fourth-order valence-electron chi connectivity index (χ4n) is 6.06. The van der Waals surface area contributed by atoms with Crippen LogP contribution in [0.25, 0.3) is 5.76 Å². The topological polar surface area (TPSA) is 211 Å². The molecule has 1 aromatic rings. The second-order valence-corrected chi connectivity index (χ2v) is 9.64. The summed E-state index contributed by atoms with van der Waals surface area (Å²) in [7, 11) is 2.85. The Bertz CT molecular complexity index is 1300. The number of hydrogen-bond donors (Lipinski definition) is 7. The quantitative estimate of drug-likeness (QED) is 0.0896. The monoisotopic (exact) mass is 501 g/mol. The van der Waals surface area contributed by atoms with Crippen molar-refractivity contribution in [2.75, 3.05) is 14.1 Å². The number of carbonyl (C=O) groups excluding carboxylic acids is 4. The predicted octanol–water partition coefficient (Wildman–Crippen LogP) is -0.797. The Labute approximate surface area is 205 Å². The average molecular weight is 501 g/mol. The van der Waals surface area contributed by atoms with Gasteiger partial charge in [0.1, 0.15) is 22.8 Å². The van der Waals surface area contributed by atoms with Crippen LogP contribution in [0.2, 0.25) is 0 Å². The number of aromatic hydroxyl groups is 1. The van der Waals surface area contributed by atoms with Gasteiger partial charge in [-0.3, -0.25) is 29.5 Å².